The lowest BCUT2D eigenvalue weighted by Crippen LogP contribution is -2.12. The van der Waals surface area contributed by atoms with E-state index in [4.69, 9.17) is 9.15 Å². The van der Waals surface area contributed by atoms with Crippen LogP contribution in [0.2, 0.25) is 0 Å². The van der Waals surface area contributed by atoms with Gasteiger partial charge in [0.15, 0.2) is 10.9 Å². The highest BCUT2D eigenvalue weighted by Gasteiger charge is 2.13. The van der Waals surface area contributed by atoms with Crippen molar-refractivity contribution in [1.29, 1.82) is 0 Å². The van der Waals surface area contributed by atoms with Crippen molar-refractivity contribution in [3.05, 3.63) is 72.2 Å². The number of hydrogen-bond acceptors (Lipinski definition) is 6. The number of thiazole rings is 1. The first kappa shape index (κ1) is 20.6. The van der Waals surface area contributed by atoms with E-state index in [0.717, 1.165) is 23.1 Å². The molecule has 2 aromatic carbocycles. The van der Waals surface area contributed by atoms with Crippen molar-refractivity contribution in [2.45, 2.75) is 19.8 Å². The molecule has 2 amide bonds. The summed E-state index contributed by atoms with van der Waals surface area (Å²) < 4.78 is 11.6. The standard InChI is InChI=1S/C23H21N3O4S/c1-2-3-11-29-17-7-4-6-15(13-17)21(27)24-16-9-10-18-20(14-16)31-23(25-18)26-22(28)19-8-5-12-30-19/h4-10,12-14H,2-3,11H2,1H3,(H,24,27)(H,25,26,28). The average molecular weight is 436 g/mol. The summed E-state index contributed by atoms with van der Waals surface area (Å²) in [6, 6.07) is 15.8. The highest BCUT2D eigenvalue weighted by atomic mass is 32.1. The minimum atomic E-state index is -0.362. The molecule has 0 aliphatic carbocycles. The number of fused-ring (bicyclic) bond motifs is 1. The van der Waals surface area contributed by atoms with Gasteiger partial charge in [-0.3, -0.25) is 14.9 Å². The van der Waals surface area contributed by atoms with Crippen molar-refractivity contribution >= 4 is 44.2 Å². The lowest BCUT2D eigenvalue weighted by molar-refractivity contribution is 0.0994. The zero-order valence-electron chi connectivity index (χ0n) is 16.9. The van der Waals surface area contributed by atoms with Gasteiger partial charge in [-0.15, -0.1) is 0 Å². The number of amides is 2. The van der Waals surface area contributed by atoms with Gasteiger partial charge in [-0.1, -0.05) is 30.7 Å². The van der Waals surface area contributed by atoms with Crippen LogP contribution in [0.25, 0.3) is 10.2 Å². The van der Waals surface area contributed by atoms with E-state index in [1.807, 2.05) is 12.1 Å². The number of ether oxygens (including phenoxy) is 1. The molecular weight excluding hydrogens is 414 g/mol. The first-order chi connectivity index (χ1) is 15.1. The number of rotatable bonds is 8. The molecule has 0 saturated carbocycles. The smallest absolute Gasteiger partial charge is 0.293 e. The summed E-state index contributed by atoms with van der Waals surface area (Å²) in [7, 11) is 0. The van der Waals surface area contributed by atoms with Crippen LogP contribution in [-0.4, -0.2) is 23.4 Å². The van der Waals surface area contributed by atoms with Crippen LogP contribution in [0, 0.1) is 0 Å². The quantitative estimate of drug-likeness (QED) is 0.353. The molecule has 0 saturated heterocycles. The Hall–Kier alpha value is -3.65. The van der Waals surface area contributed by atoms with Gasteiger partial charge >= 0.3 is 0 Å². The molecule has 4 aromatic rings. The molecule has 0 atom stereocenters. The summed E-state index contributed by atoms with van der Waals surface area (Å²) in [5.74, 6) is 0.304. The normalized spacial score (nSPS) is 10.7. The summed E-state index contributed by atoms with van der Waals surface area (Å²) in [5.41, 5.74) is 1.89. The maximum Gasteiger partial charge on any atom is 0.293 e. The fourth-order valence-electron chi connectivity index (χ4n) is 2.89. The molecule has 8 heteroatoms. The first-order valence-corrected chi connectivity index (χ1v) is 10.7. The second-order valence-corrected chi connectivity index (χ2v) is 7.85. The molecule has 0 fully saturated rings. The fourth-order valence-corrected chi connectivity index (χ4v) is 3.79. The average Bonchev–Trinajstić information content (AvgIpc) is 3.43. The number of furan rings is 1. The van der Waals surface area contributed by atoms with Gasteiger partial charge in [0.1, 0.15) is 5.75 Å². The molecule has 7 nitrogen and oxygen atoms in total. The highest BCUT2D eigenvalue weighted by molar-refractivity contribution is 7.22. The van der Waals surface area contributed by atoms with Crippen LogP contribution in [0.5, 0.6) is 5.75 Å². The molecule has 0 aliphatic heterocycles. The van der Waals surface area contributed by atoms with E-state index in [0.29, 0.717) is 28.7 Å². The third-order valence-corrected chi connectivity index (χ3v) is 5.41. The Morgan fingerprint density at radius 1 is 1.06 bits per heavy atom. The van der Waals surface area contributed by atoms with Gasteiger partial charge in [0.2, 0.25) is 0 Å². The van der Waals surface area contributed by atoms with Crippen LogP contribution in [0.4, 0.5) is 10.8 Å². The molecule has 0 bridgehead atoms. The number of nitrogens with one attached hydrogen (secondary N) is 2. The van der Waals surface area contributed by atoms with E-state index in [1.54, 1.807) is 42.5 Å². The van der Waals surface area contributed by atoms with Gasteiger partial charge in [0.05, 0.1) is 23.1 Å². The van der Waals surface area contributed by atoms with E-state index in [2.05, 4.69) is 22.5 Å². The Kier molecular flexibility index (Phi) is 6.28. The van der Waals surface area contributed by atoms with Crippen LogP contribution in [0.15, 0.2) is 65.3 Å². The molecule has 0 aliphatic rings. The summed E-state index contributed by atoms with van der Waals surface area (Å²) in [4.78, 5) is 29.2. The zero-order valence-corrected chi connectivity index (χ0v) is 17.7. The van der Waals surface area contributed by atoms with Crippen molar-refractivity contribution in [3.8, 4) is 5.75 Å². The maximum atomic E-state index is 12.7. The van der Waals surface area contributed by atoms with Crippen molar-refractivity contribution in [3.63, 3.8) is 0 Å². The van der Waals surface area contributed by atoms with Crippen LogP contribution < -0.4 is 15.4 Å². The van der Waals surface area contributed by atoms with Crippen molar-refractivity contribution in [2.24, 2.45) is 0 Å². The zero-order chi connectivity index (χ0) is 21.6. The third-order valence-electron chi connectivity index (χ3n) is 4.47. The molecule has 0 unspecified atom stereocenters. The molecule has 2 heterocycles. The van der Waals surface area contributed by atoms with Crippen LogP contribution in [-0.2, 0) is 0 Å². The highest BCUT2D eigenvalue weighted by Crippen LogP contribution is 2.29. The van der Waals surface area contributed by atoms with E-state index < -0.39 is 0 Å². The summed E-state index contributed by atoms with van der Waals surface area (Å²) in [6.45, 7) is 2.73. The van der Waals surface area contributed by atoms with E-state index >= 15 is 0 Å². The van der Waals surface area contributed by atoms with Crippen molar-refractivity contribution in [2.75, 3.05) is 17.2 Å². The number of aromatic nitrogens is 1. The molecule has 0 radical (unpaired) electrons. The minimum absolute atomic E-state index is 0.216. The van der Waals surface area contributed by atoms with Gasteiger partial charge in [0.25, 0.3) is 11.8 Å². The van der Waals surface area contributed by atoms with Gasteiger partial charge in [-0.25, -0.2) is 4.98 Å². The van der Waals surface area contributed by atoms with Crippen LogP contribution >= 0.6 is 11.3 Å². The minimum Gasteiger partial charge on any atom is -0.494 e. The number of carbonyl (C=O) groups excluding carboxylic acids is 2. The van der Waals surface area contributed by atoms with Crippen LogP contribution in [0.3, 0.4) is 0 Å². The summed E-state index contributed by atoms with van der Waals surface area (Å²) in [5, 5.41) is 6.08. The Labute approximate surface area is 183 Å². The number of carbonyl (C=O) groups is 2. The second kappa shape index (κ2) is 9.44. The van der Waals surface area contributed by atoms with E-state index in [9.17, 15) is 9.59 Å². The number of unbranched alkanes of at least 4 members (excludes halogenated alkanes) is 1. The molecule has 4 rings (SSSR count). The lowest BCUT2D eigenvalue weighted by atomic mass is 10.2. The lowest BCUT2D eigenvalue weighted by Gasteiger charge is -2.08. The number of hydrogen-bond donors (Lipinski definition) is 2. The predicted octanol–water partition coefficient (Wildman–Crippen LogP) is 5.57. The summed E-state index contributed by atoms with van der Waals surface area (Å²) in [6.07, 6.45) is 3.46. The van der Waals surface area contributed by atoms with Gasteiger partial charge in [0, 0.05) is 11.3 Å². The fraction of sp³-hybridized carbons (Fsp3) is 0.174. The number of benzene rings is 2. The molecule has 31 heavy (non-hydrogen) atoms. The SMILES string of the molecule is CCCCOc1cccc(C(=O)Nc2ccc3nc(NC(=O)c4ccco4)sc3c2)c1. The predicted molar refractivity (Wildman–Crippen MR) is 121 cm³/mol. The molecule has 2 N–H and O–H groups in total. The Balaban J connectivity index is 1.44. The largest absolute Gasteiger partial charge is 0.494 e. The molecule has 0 spiro atoms. The van der Waals surface area contributed by atoms with Crippen LogP contribution in [0.1, 0.15) is 40.7 Å². The molecule has 2 aromatic heterocycles. The summed E-state index contributed by atoms with van der Waals surface area (Å²) >= 11 is 1.32. The van der Waals surface area contributed by atoms with E-state index in [1.165, 1.54) is 17.6 Å². The Morgan fingerprint density at radius 2 is 1.97 bits per heavy atom. The van der Waals surface area contributed by atoms with Gasteiger partial charge in [-0.2, -0.15) is 0 Å². The van der Waals surface area contributed by atoms with Gasteiger partial charge < -0.3 is 14.5 Å². The maximum absolute atomic E-state index is 12.7. The third kappa shape index (κ3) is 5.10. The molecule has 158 valence electrons. The topological polar surface area (TPSA) is 93.5 Å². The second-order valence-electron chi connectivity index (χ2n) is 6.82. The molecular formula is C23H21N3O4S. The van der Waals surface area contributed by atoms with Gasteiger partial charge in [-0.05, 0) is 55.0 Å². The first-order valence-electron chi connectivity index (χ1n) is 9.92. The Bertz CT molecular complexity index is 1200. The Morgan fingerprint density at radius 3 is 2.77 bits per heavy atom. The van der Waals surface area contributed by atoms with E-state index in [-0.39, 0.29) is 17.6 Å². The monoisotopic (exact) mass is 435 g/mol. The number of anilines is 2. The number of nitrogens with zero attached hydrogens (tertiary/aromatic N) is 1. The van der Waals surface area contributed by atoms with Crippen molar-refractivity contribution < 1.29 is 18.7 Å². The van der Waals surface area contributed by atoms with Crippen molar-refractivity contribution in [1.82, 2.24) is 4.98 Å².